The maximum atomic E-state index is 14.5. The molecule has 2 N–H and O–H groups in total. The van der Waals surface area contributed by atoms with Crippen molar-refractivity contribution in [1.82, 2.24) is 10.2 Å². The number of halogens is 3. The van der Waals surface area contributed by atoms with Gasteiger partial charge in [-0.2, -0.15) is 0 Å². The van der Waals surface area contributed by atoms with E-state index in [4.69, 9.17) is 11.6 Å². The van der Waals surface area contributed by atoms with Gasteiger partial charge in [-0.25, -0.2) is 17.2 Å². The summed E-state index contributed by atoms with van der Waals surface area (Å²) in [5.41, 5.74) is -0.166. The Morgan fingerprint density at radius 1 is 1.23 bits per heavy atom. The quantitative estimate of drug-likeness (QED) is 0.535. The second-order valence-corrected chi connectivity index (χ2v) is 11.4. The number of carbonyl (C=O) groups excluding carboxylic acids is 2. The highest BCUT2D eigenvalue weighted by Crippen LogP contribution is 2.29. The number of carbonyl (C=O) groups is 2. The first kappa shape index (κ1) is 27.0. The smallest absolute Gasteiger partial charge is 0.254 e. The lowest BCUT2D eigenvalue weighted by Gasteiger charge is -2.28. The predicted octanol–water partition coefficient (Wildman–Crippen LogP) is 3.50. The molecule has 1 aliphatic rings. The molecule has 2 aromatic rings. The van der Waals surface area contributed by atoms with Crippen LogP contribution in [0.2, 0.25) is 5.02 Å². The monoisotopic (exact) mass is 528 g/mol. The second-order valence-electron chi connectivity index (χ2n) is 8.76. The second kappa shape index (κ2) is 10.6. The van der Waals surface area contributed by atoms with E-state index in [1.54, 1.807) is 0 Å². The molecule has 35 heavy (non-hydrogen) atoms. The normalized spacial score (nSPS) is 19.9. The van der Waals surface area contributed by atoms with Gasteiger partial charge < -0.3 is 15.3 Å². The van der Waals surface area contributed by atoms with Gasteiger partial charge in [0.1, 0.15) is 17.7 Å². The first-order chi connectivity index (χ1) is 16.4. The summed E-state index contributed by atoms with van der Waals surface area (Å²) in [5, 5.41) is 12.3. The lowest BCUT2D eigenvalue weighted by atomic mass is 10.00. The summed E-state index contributed by atoms with van der Waals surface area (Å²) in [7, 11) is -3.54. The third kappa shape index (κ3) is 5.82. The SMILES string of the molecule is CCS(=O)(=O)c1cccc(C(=O)N2C[C@H](C)C[C@@H]2C(=O)N[C@@H](c2cc(F)c(Cl)cc2F)[C@H](C)O)c1. The number of aliphatic hydroxyl groups is 1. The standard InChI is InChI=1S/C24H27ClF2N2O5S/c1-4-35(33,34)16-7-5-6-15(9-16)24(32)29-12-13(2)8-21(29)23(31)28-22(14(3)30)17-10-20(27)18(25)11-19(17)26/h5-7,9-11,13-14,21-22,30H,4,8,12H2,1-3H3,(H,28,31)/t13-,14+,21-,22-/m1/s1. The summed E-state index contributed by atoms with van der Waals surface area (Å²) in [6.07, 6.45) is -0.984. The molecule has 11 heteroatoms. The van der Waals surface area contributed by atoms with Crippen molar-refractivity contribution in [1.29, 1.82) is 0 Å². The van der Waals surface area contributed by atoms with Crippen LogP contribution in [0.3, 0.4) is 0 Å². The molecule has 1 fully saturated rings. The van der Waals surface area contributed by atoms with Crippen LogP contribution in [0.5, 0.6) is 0 Å². The van der Waals surface area contributed by atoms with Crippen molar-refractivity contribution in [3.8, 4) is 0 Å². The number of nitrogens with zero attached hydrogens (tertiary/aromatic N) is 1. The highest BCUT2D eigenvalue weighted by atomic mass is 35.5. The van der Waals surface area contributed by atoms with Crippen LogP contribution < -0.4 is 5.32 Å². The average Bonchev–Trinajstić information content (AvgIpc) is 3.21. The Bertz CT molecular complexity index is 1240. The Kier molecular flexibility index (Phi) is 8.18. The van der Waals surface area contributed by atoms with E-state index in [-0.39, 0.29) is 34.2 Å². The van der Waals surface area contributed by atoms with Gasteiger partial charge in [0.2, 0.25) is 5.91 Å². The minimum atomic E-state index is -3.54. The number of hydrogen-bond acceptors (Lipinski definition) is 5. The topological polar surface area (TPSA) is 104 Å². The fourth-order valence-corrected chi connectivity index (χ4v) is 5.23. The molecule has 1 aliphatic heterocycles. The molecule has 190 valence electrons. The Hall–Kier alpha value is -2.56. The summed E-state index contributed by atoms with van der Waals surface area (Å²) in [6.45, 7) is 4.91. The summed E-state index contributed by atoms with van der Waals surface area (Å²) < 4.78 is 52.9. The molecule has 1 saturated heterocycles. The first-order valence-electron chi connectivity index (χ1n) is 11.1. The van der Waals surface area contributed by atoms with E-state index < -0.39 is 56.5 Å². The van der Waals surface area contributed by atoms with E-state index >= 15 is 0 Å². The van der Waals surface area contributed by atoms with Gasteiger partial charge in [-0.05, 0) is 49.6 Å². The van der Waals surface area contributed by atoms with E-state index in [1.165, 1.54) is 43.0 Å². The minimum absolute atomic E-state index is 0.00788. The fourth-order valence-electron chi connectivity index (χ4n) is 4.16. The molecule has 0 spiro atoms. The molecular weight excluding hydrogens is 502 g/mol. The van der Waals surface area contributed by atoms with Gasteiger partial charge in [-0.15, -0.1) is 0 Å². The zero-order valence-electron chi connectivity index (χ0n) is 19.5. The largest absolute Gasteiger partial charge is 0.391 e. The number of rotatable bonds is 7. The van der Waals surface area contributed by atoms with Gasteiger partial charge >= 0.3 is 0 Å². The summed E-state index contributed by atoms with van der Waals surface area (Å²) in [6, 6.07) is 4.95. The molecule has 2 aromatic carbocycles. The number of amides is 2. The number of aliphatic hydroxyl groups excluding tert-OH is 1. The van der Waals surface area contributed by atoms with Crippen LogP contribution in [0.1, 0.15) is 49.2 Å². The van der Waals surface area contributed by atoms with Crippen LogP contribution in [0.25, 0.3) is 0 Å². The van der Waals surface area contributed by atoms with Crippen LogP contribution in [-0.2, 0) is 14.6 Å². The number of benzene rings is 2. The van der Waals surface area contributed by atoms with Crippen molar-refractivity contribution in [3.05, 3.63) is 64.2 Å². The highest BCUT2D eigenvalue weighted by molar-refractivity contribution is 7.91. The van der Waals surface area contributed by atoms with Crippen molar-refractivity contribution in [2.45, 2.75) is 50.3 Å². The van der Waals surface area contributed by atoms with Crippen LogP contribution >= 0.6 is 11.6 Å². The molecule has 4 atom stereocenters. The van der Waals surface area contributed by atoms with Gasteiger partial charge in [0.15, 0.2) is 9.84 Å². The number of nitrogens with one attached hydrogen (secondary N) is 1. The summed E-state index contributed by atoms with van der Waals surface area (Å²) in [4.78, 5) is 27.8. The maximum Gasteiger partial charge on any atom is 0.254 e. The molecule has 0 aliphatic carbocycles. The van der Waals surface area contributed by atoms with Crippen molar-refractivity contribution in [2.75, 3.05) is 12.3 Å². The average molecular weight is 529 g/mol. The maximum absolute atomic E-state index is 14.5. The van der Waals surface area contributed by atoms with Gasteiger partial charge in [-0.1, -0.05) is 31.5 Å². The predicted molar refractivity (Wildman–Crippen MR) is 127 cm³/mol. The molecule has 0 radical (unpaired) electrons. The molecule has 0 bridgehead atoms. The van der Waals surface area contributed by atoms with Gasteiger partial charge in [0.05, 0.1) is 27.8 Å². The van der Waals surface area contributed by atoms with E-state index in [9.17, 15) is 31.9 Å². The Morgan fingerprint density at radius 2 is 1.91 bits per heavy atom. The van der Waals surface area contributed by atoms with Crippen LogP contribution in [0.15, 0.2) is 41.3 Å². The molecule has 3 rings (SSSR count). The zero-order chi connectivity index (χ0) is 26.1. The molecule has 0 saturated carbocycles. The molecule has 1 heterocycles. The lowest BCUT2D eigenvalue weighted by molar-refractivity contribution is -0.126. The third-order valence-corrected chi connectivity index (χ3v) is 8.07. The lowest BCUT2D eigenvalue weighted by Crippen LogP contribution is -2.48. The van der Waals surface area contributed by atoms with Crippen LogP contribution in [-0.4, -0.2) is 54.7 Å². The van der Waals surface area contributed by atoms with Crippen LogP contribution in [0.4, 0.5) is 8.78 Å². The van der Waals surface area contributed by atoms with E-state index in [2.05, 4.69) is 5.32 Å². The number of sulfone groups is 1. The van der Waals surface area contributed by atoms with Gasteiger partial charge in [0.25, 0.3) is 5.91 Å². The van der Waals surface area contributed by atoms with E-state index in [1.807, 2.05) is 6.92 Å². The number of hydrogen-bond donors (Lipinski definition) is 2. The van der Waals surface area contributed by atoms with Crippen molar-refractivity contribution >= 4 is 33.3 Å². The fraction of sp³-hybridized carbons (Fsp3) is 0.417. The number of likely N-dealkylation sites (tertiary alicyclic amines) is 1. The zero-order valence-corrected chi connectivity index (χ0v) is 21.0. The Balaban J connectivity index is 1.88. The highest BCUT2D eigenvalue weighted by Gasteiger charge is 2.39. The van der Waals surface area contributed by atoms with Crippen molar-refractivity contribution in [2.24, 2.45) is 5.92 Å². The summed E-state index contributed by atoms with van der Waals surface area (Å²) in [5.74, 6) is -3.16. The molecular formula is C24H27ClF2N2O5S. The Labute approximate surface area is 208 Å². The minimum Gasteiger partial charge on any atom is -0.391 e. The molecule has 0 unspecified atom stereocenters. The molecule has 2 amide bonds. The van der Waals surface area contributed by atoms with Gasteiger partial charge in [0, 0.05) is 17.7 Å². The van der Waals surface area contributed by atoms with Crippen molar-refractivity contribution < 1.29 is 31.9 Å². The first-order valence-corrected chi connectivity index (χ1v) is 13.1. The third-order valence-electron chi connectivity index (χ3n) is 6.05. The molecule has 7 nitrogen and oxygen atoms in total. The molecule has 0 aromatic heterocycles. The van der Waals surface area contributed by atoms with Crippen LogP contribution in [0, 0.1) is 17.6 Å². The summed E-state index contributed by atoms with van der Waals surface area (Å²) >= 11 is 5.61. The van der Waals surface area contributed by atoms with Gasteiger partial charge in [-0.3, -0.25) is 9.59 Å². The van der Waals surface area contributed by atoms with E-state index in [0.29, 0.717) is 6.42 Å². The van der Waals surface area contributed by atoms with Crippen molar-refractivity contribution in [3.63, 3.8) is 0 Å². The van der Waals surface area contributed by atoms with E-state index in [0.717, 1.165) is 12.1 Å². The Morgan fingerprint density at radius 3 is 2.54 bits per heavy atom.